The fourth-order valence-corrected chi connectivity index (χ4v) is 6.91. The quantitative estimate of drug-likeness (QED) is 0.345. The monoisotopic (exact) mass is 523 g/mol. The van der Waals surface area contributed by atoms with Crippen molar-refractivity contribution >= 4 is 33.9 Å². The normalized spacial score (nSPS) is 18.0. The van der Waals surface area contributed by atoms with Crippen molar-refractivity contribution in [2.24, 2.45) is 0 Å². The number of piperazine rings is 1. The Morgan fingerprint density at radius 2 is 1.55 bits per heavy atom. The van der Waals surface area contributed by atoms with Crippen molar-refractivity contribution in [3.05, 3.63) is 105 Å². The van der Waals surface area contributed by atoms with E-state index in [1.54, 1.807) is 0 Å². The van der Waals surface area contributed by atoms with Crippen molar-refractivity contribution in [2.45, 2.75) is 25.8 Å². The van der Waals surface area contributed by atoms with Crippen LogP contribution in [0, 0.1) is 6.92 Å². The van der Waals surface area contributed by atoms with Gasteiger partial charge < -0.3 is 9.80 Å². The van der Waals surface area contributed by atoms with Gasteiger partial charge in [-0.3, -0.25) is 14.5 Å². The van der Waals surface area contributed by atoms with E-state index in [0.29, 0.717) is 32.6 Å². The molecule has 1 atom stereocenters. The topological polar surface area (TPSA) is 43.9 Å². The summed E-state index contributed by atoms with van der Waals surface area (Å²) < 4.78 is 0. The molecule has 4 aromatic rings. The number of nitrogens with zero attached hydrogens (tertiary/aromatic N) is 3. The van der Waals surface area contributed by atoms with Gasteiger partial charge in [-0.1, -0.05) is 60.7 Å². The van der Waals surface area contributed by atoms with Crippen LogP contribution in [0.5, 0.6) is 0 Å². The predicted molar refractivity (Wildman–Crippen MR) is 154 cm³/mol. The molecule has 0 N–H and O–H groups in total. The fourth-order valence-electron chi connectivity index (χ4n) is 6.01. The highest BCUT2D eigenvalue weighted by molar-refractivity contribution is 7.10. The van der Waals surface area contributed by atoms with Crippen LogP contribution in [0.15, 0.2) is 78.2 Å². The molecule has 0 radical (unpaired) electrons. The van der Waals surface area contributed by atoms with Gasteiger partial charge in [0.15, 0.2) is 0 Å². The third-order valence-electron chi connectivity index (χ3n) is 8.10. The molecule has 1 fully saturated rings. The molecule has 3 aromatic carbocycles. The number of carbonyl (C=O) groups excluding carboxylic acids is 2. The lowest BCUT2D eigenvalue weighted by atomic mass is 9.90. The minimum Gasteiger partial charge on any atom is -0.339 e. The summed E-state index contributed by atoms with van der Waals surface area (Å²) in [4.78, 5) is 34.4. The maximum Gasteiger partial charge on any atom is 0.254 e. The third kappa shape index (κ3) is 4.74. The van der Waals surface area contributed by atoms with Crippen molar-refractivity contribution in [1.82, 2.24) is 14.7 Å². The lowest BCUT2D eigenvalue weighted by Gasteiger charge is -2.38. The van der Waals surface area contributed by atoms with Gasteiger partial charge in [0, 0.05) is 56.1 Å². The Kier molecular flexibility index (Phi) is 7.00. The molecule has 0 aliphatic carbocycles. The molecule has 0 spiro atoms. The van der Waals surface area contributed by atoms with Crippen molar-refractivity contribution in [3.8, 4) is 0 Å². The van der Waals surface area contributed by atoms with Crippen LogP contribution in [0.25, 0.3) is 10.8 Å². The molecule has 38 heavy (non-hydrogen) atoms. The third-order valence-corrected chi connectivity index (χ3v) is 9.10. The molecule has 2 aliphatic heterocycles. The second kappa shape index (κ2) is 10.7. The largest absolute Gasteiger partial charge is 0.339 e. The summed E-state index contributed by atoms with van der Waals surface area (Å²) in [6.45, 7) is 6.20. The summed E-state index contributed by atoms with van der Waals surface area (Å²) in [5.41, 5.74) is 4.76. The van der Waals surface area contributed by atoms with Gasteiger partial charge in [-0.25, -0.2) is 0 Å². The van der Waals surface area contributed by atoms with E-state index in [1.807, 2.05) is 63.6 Å². The van der Waals surface area contributed by atoms with Crippen LogP contribution in [-0.4, -0.2) is 65.8 Å². The van der Waals surface area contributed by atoms with Crippen LogP contribution >= 0.6 is 11.3 Å². The van der Waals surface area contributed by atoms with Crippen molar-refractivity contribution in [3.63, 3.8) is 0 Å². The van der Waals surface area contributed by atoms with Crippen LogP contribution in [0.2, 0.25) is 0 Å². The van der Waals surface area contributed by atoms with Crippen molar-refractivity contribution in [2.75, 3.05) is 39.3 Å². The van der Waals surface area contributed by atoms with Crippen LogP contribution in [0.3, 0.4) is 0 Å². The Balaban J connectivity index is 1.09. The summed E-state index contributed by atoms with van der Waals surface area (Å²) in [7, 11) is 0. The standard InChI is InChI=1S/C32H33N3O2S/c1-23-7-2-4-10-25(23)31-28-15-22-38-29(28)13-16-34(31)17-14-30(36)33-18-20-35(21-19-33)32(37)27-12-6-9-24-8-3-5-11-26(24)27/h2-12,15,22,31H,13-14,16-21H2,1H3. The molecule has 5 nitrogen and oxygen atoms in total. The van der Waals surface area contributed by atoms with Gasteiger partial charge in [0.2, 0.25) is 5.91 Å². The zero-order valence-electron chi connectivity index (χ0n) is 21.8. The van der Waals surface area contributed by atoms with Crippen LogP contribution in [-0.2, 0) is 11.2 Å². The lowest BCUT2D eigenvalue weighted by molar-refractivity contribution is -0.133. The Bertz CT molecular complexity index is 1470. The number of thiophene rings is 1. The highest BCUT2D eigenvalue weighted by Gasteiger charge is 2.31. The zero-order valence-corrected chi connectivity index (χ0v) is 22.6. The summed E-state index contributed by atoms with van der Waals surface area (Å²) in [6, 6.07) is 25.0. The average molecular weight is 524 g/mol. The van der Waals surface area contributed by atoms with Gasteiger partial charge >= 0.3 is 0 Å². The Morgan fingerprint density at radius 3 is 2.39 bits per heavy atom. The first-order valence-electron chi connectivity index (χ1n) is 13.5. The summed E-state index contributed by atoms with van der Waals surface area (Å²) in [5.74, 6) is 0.233. The van der Waals surface area contributed by atoms with E-state index in [-0.39, 0.29) is 17.9 Å². The van der Waals surface area contributed by atoms with E-state index >= 15 is 0 Å². The predicted octanol–water partition coefficient (Wildman–Crippen LogP) is 5.53. The highest BCUT2D eigenvalue weighted by atomic mass is 32.1. The van der Waals surface area contributed by atoms with Crippen LogP contribution in [0.4, 0.5) is 0 Å². The molecule has 3 heterocycles. The second-order valence-corrected chi connectivity index (χ2v) is 11.3. The number of amides is 2. The summed E-state index contributed by atoms with van der Waals surface area (Å²) >= 11 is 1.85. The molecule has 6 heteroatoms. The van der Waals surface area contributed by atoms with E-state index in [0.717, 1.165) is 35.8 Å². The maximum absolute atomic E-state index is 13.3. The molecule has 1 unspecified atom stereocenters. The fraction of sp³-hybridized carbons (Fsp3) is 0.312. The average Bonchev–Trinajstić information content (AvgIpc) is 3.44. The molecule has 6 rings (SSSR count). The number of fused-ring (bicyclic) bond motifs is 2. The SMILES string of the molecule is Cc1ccccc1C1c2ccsc2CCN1CCC(=O)N1CCN(C(=O)c2cccc3ccccc23)CC1. The highest BCUT2D eigenvalue weighted by Crippen LogP contribution is 2.38. The van der Waals surface area contributed by atoms with Gasteiger partial charge in [-0.2, -0.15) is 0 Å². The Hall–Kier alpha value is -3.48. The number of carbonyl (C=O) groups is 2. The number of hydrogen-bond donors (Lipinski definition) is 0. The molecule has 0 saturated carbocycles. The summed E-state index contributed by atoms with van der Waals surface area (Å²) in [5, 5.41) is 4.25. The molecule has 1 aromatic heterocycles. The Morgan fingerprint density at radius 1 is 0.816 bits per heavy atom. The minimum atomic E-state index is 0.0508. The molecule has 194 valence electrons. The molecule has 0 bridgehead atoms. The molecular formula is C32H33N3O2S. The second-order valence-electron chi connectivity index (χ2n) is 10.3. The number of rotatable bonds is 5. The van der Waals surface area contributed by atoms with Crippen molar-refractivity contribution in [1.29, 1.82) is 0 Å². The van der Waals surface area contributed by atoms with Gasteiger partial charge in [0.25, 0.3) is 5.91 Å². The maximum atomic E-state index is 13.3. The van der Waals surface area contributed by atoms with Crippen LogP contribution < -0.4 is 0 Å². The van der Waals surface area contributed by atoms with Gasteiger partial charge in [0.05, 0.1) is 6.04 Å². The number of aryl methyl sites for hydroxylation is 1. The van der Waals surface area contributed by atoms with Gasteiger partial charge in [-0.05, 0) is 58.3 Å². The first-order chi connectivity index (χ1) is 18.6. The minimum absolute atomic E-state index is 0.0508. The molecule has 2 aliphatic rings. The molecular weight excluding hydrogens is 490 g/mol. The molecule has 1 saturated heterocycles. The summed E-state index contributed by atoms with van der Waals surface area (Å²) in [6.07, 6.45) is 1.54. The van der Waals surface area contributed by atoms with Crippen LogP contribution in [0.1, 0.15) is 44.4 Å². The van der Waals surface area contributed by atoms with Gasteiger partial charge in [-0.15, -0.1) is 11.3 Å². The zero-order chi connectivity index (χ0) is 26.1. The van der Waals surface area contributed by atoms with E-state index in [2.05, 4.69) is 47.5 Å². The number of hydrogen-bond acceptors (Lipinski definition) is 4. The number of benzene rings is 3. The van der Waals surface area contributed by atoms with Gasteiger partial charge in [0.1, 0.15) is 0 Å². The van der Waals surface area contributed by atoms with E-state index in [1.165, 1.54) is 21.6 Å². The first kappa shape index (κ1) is 24.8. The smallest absolute Gasteiger partial charge is 0.254 e. The van der Waals surface area contributed by atoms with Crippen molar-refractivity contribution < 1.29 is 9.59 Å². The Labute approximate surface area is 228 Å². The van der Waals surface area contributed by atoms with E-state index in [9.17, 15) is 9.59 Å². The lowest BCUT2D eigenvalue weighted by Crippen LogP contribution is -2.51. The van der Waals surface area contributed by atoms with E-state index < -0.39 is 0 Å². The molecule has 2 amide bonds. The van der Waals surface area contributed by atoms with E-state index in [4.69, 9.17) is 0 Å². The first-order valence-corrected chi connectivity index (χ1v) is 14.4.